The van der Waals surface area contributed by atoms with E-state index >= 15 is 0 Å². The van der Waals surface area contributed by atoms with Gasteiger partial charge in [-0.2, -0.15) is 0 Å². The van der Waals surface area contributed by atoms with Crippen LogP contribution in [0.3, 0.4) is 0 Å². The molecule has 0 aromatic carbocycles. The Kier molecular flexibility index (Phi) is 3.47. The zero-order valence-corrected chi connectivity index (χ0v) is 6.25. The molecule has 2 heteroatoms. The standard InChI is InChI=1S/C8H14NO/c1-2-7-10-8-5-3-4-6-9-8/h2,8H,1,3-7H2. The van der Waals surface area contributed by atoms with Crippen molar-refractivity contribution in [2.45, 2.75) is 25.5 Å². The molecule has 0 amide bonds. The third kappa shape index (κ3) is 2.50. The van der Waals surface area contributed by atoms with E-state index in [4.69, 9.17) is 4.74 Å². The minimum absolute atomic E-state index is 0.159. The highest BCUT2D eigenvalue weighted by Crippen LogP contribution is 2.08. The molecule has 57 valence electrons. The Labute approximate surface area is 62.3 Å². The van der Waals surface area contributed by atoms with Gasteiger partial charge in [0.2, 0.25) is 0 Å². The van der Waals surface area contributed by atoms with Crippen LogP contribution in [0.4, 0.5) is 0 Å². The van der Waals surface area contributed by atoms with E-state index in [2.05, 4.69) is 11.9 Å². The van der Waals surface area contributed by atoms with Crippen LogP contribution in [-0.4, -0.2) is 19.4 Å². The van der Waals surface area contributed by atoms with Gasteiger partial charge in [-0.15, -0.1) is 6.58 Å². The molecule has 0 aliphatic carbocycles. The number of rotatable bonds is 3. The maximum absolute atomic E-state index is 5.35. The topological polar surface area (TPSA) is 23.3 Å². The Balaban J connectivity index is 2.07. The summed E-state index contributed by atoms with van der Waals surface area (Å²) >= 11 is 0. The molecule has 1 atom stereocenters. The first-order chi connectivity index (χ1) is 4.93. The van der Waals surface area contributed by atoms with Crippen LogP contribution in [0.15, 0.2) is 12.7 Å². The maximum Gasteiger partial charge on any atom is 0.123 e. The van der Waals surface area contributed by atoms with Crippen LogP contribution >= 0.6 is 0 Å². The van der Waals surface area contributed by atoms with Crippen molar-refractivity contribution in [1.29, 1.82) is 0 Å². The number of piperidine rings is 1. The lowest BCUT2D eigenvalue weighted by molar-refractivity contribution is 0.0264. The fraction of sp³-hybridized carbons (Fsp3) is 0.750. The van der Waals surface area contributed by atoms with Gasteiger partial charge in [0.25, 0.3) is 0 Å². The van der Waals surface area contributed by atoms with Crippen molar-refractivity contribution in [2.75, 3.05) is 13.2 Å². The molecule has 1 aliphatic heterocycles. The monoisotopic (exact) mass is 140 g/mol. The molecule has 1 radical (unpaired) electrons. The van der Waals surface area contributed by atoms with E-state index in [1.54, 1.807) is 6.08 Å². The van der Waals surface area contributed by atoms with E-state index in [0.717, 1.165) is 13.0 Å². The first-order valence-electron chi connectivity index (χ1n) is 3.82. The summed E-state index contributed by atoms with van der Waals surface area (Å²) in [7, 11) is 0. The van der Waals surface area contributed by atoms with E-state index in [9.17, 15) is 0 Å². The van der Waals surface area contributed by atoms with Gasteiger partial charge in [-0.3, -0.25) is 0 Å². The summed E-state index contributed by atoms with van der Waals surface area (Å²) in [6, 6.07) is 0. The summed E-state index contributed by atoms with van der Waals surface area (Å²) < 4.78 is 5.35. The molecule has 0 spiro atoms. The van der Waals surface area contributed by atoms with Crippen molar-refractivity contribution < 1.29 is 4.74 Å². The second-order valence-corrected chi connectivity index (χ2v) is 2.48. The lowest BCUT2D eigenvalue weighted by Gasteiger charge is -2.20. The van der Waals surface area contributed by atoms with E-state index in [0.29, 0.717) is 6.61 Å². The Bertz CT molecular complexity index is 97.4. The van der Waals surface area contributed by atoms with Gasteiger partial charge in [-0.25, -0.2) is 5.32 Å². The molecule has 1 unspecified atom stereocenters. The molecule has 0 aromatic heterocycles. The number of hydrogen-bond donors (Lipinski definition) is 0. The molecule has 1 rings (SSSR count). The molecule has 0 saturated carbocycles. The average Bonchev–Trinajstić information content (AvgIpc) is 2.03. The minimum atomic E-state index is 0.159. The molecule has 1 aliphatic rings. The summed E-state index contributed by atoms with van der Waals surface area (Å²) in [5, 5.41) is 4.30. The van der Waals surface area contributed by atoms with Gasteiger partial charge in [-0.1, -0.05) is 6.08 Å². The number of nitrogens with zero attached hydrogens (tertiary/aromatic N) is 1. The van der Waals surface area contributed by atoms with Crippen molar-refractivity contribution in [3.63, 3.8) is 0 Å². The first-order valence-corrected chi connectivity index (χ1v) is 3.82. The molecule has 1 saturated heterocycles. The summed E-state index contributed by atoms with van der Waals surface area (Å²) in [5.41, 5.74) is 0. The molecule has 2 nitrogen and oxygen atoms in total. The second-order valence-electron chi connectivity index (χ2n) is 2.48. The molecule has 0 bridgehead atoms. The molecular formula is C8H14NO. The summed E-state index contributed by atoms with van der Waals surface area (Å²) in [6.45, 7) is 5.19. The predicted octanol–water partition coefficient (Wildman–Crippen LogP) is 1.30. The van der Waals surface area contributed by atoms with E-state index in [1.165, 1.54) is 12.8 Å². The van der Waals surface area contributed by atoms with Gasteiger partial charge in [0.1, 0.15) is 6.23 Å². The van der Waals surface area contributed by atoms with E-state index in [-0.39, 0.29) is 6.23 Å². The third-order valence-corrected chi connectivity index (χ3v) is 1.60. The highest BCUT2D eigenvalue weighted by Gasteiger charge is 2.12. The minimum Gasteiger partial charge on any atom is -0.358 e. The third-order valence-electron chi connectivity index (χ3n) is 1.60. The van der Waals surface area contributed by atoms with Crippen molar-refractivity contribution in [3.8, 4) is 0 Å². The maximum atomic E-state index is 5.35. The van der Waals surface area contributed by atoms with Gasteiger partial charge in [0, 0.05) is 6.54 Å². The van der Waals surface area contributed by atoms with Crippen LogP contribution in [-0.2, 0) is 4.74 Å². The van der Waals surface area contributed by atoms with Gasteiger partial charge in [0.15, 0.2) is 0 Å². The SMILES string of the molecule is C=CCOC1CCCC[N]1. The number of ether oxygens (including phenoxy) is 1. The van der Waals surface area contributed by atoms with E-state index < -0.39 is 0 Å². The first kappa shape index (κ1) is 7.76. The fourth-order valence-electron chi connectivity index (χ4n) is 1.07. The van der Waals surface area contributed by atoms with Crippen molar-refractivity contribution >= 4 is 0 Å². The quantitative estimate of drug-likeness (QED) is 0.542. The lowest BCUT2D eigenvalue weighted by atomic mass is 10.1. The van der Waals surface area contributed by atoms with Gasteiger partial charge >= 0.3 is 0 Å². The Hall–Kier alpha value is -0.340. The number of hydrogen-bond acceptors (Lipinski definition) is 1. The van der Waals surface area contributed by atoms with Gasteiger partial charge in [-0.05, 0) is 19.3 Å². The Morgan fingerprint density at radius 2 is 2.50 bits per heavy atom. The molecule has 0 N–H and O–H groups in total. The van der Waals surface area contributed by atoms with Crippen LogP contribution in [0.2, 0.25) is 0 Å². The lowest BCUT2D eigenvalue weighted by Crippen LogP contribution is -2.30. The molecule has 10 heavy (non-hydrogen) atoms. The Morgan fingerprint density at radius 1 is 1.60 bits per heavy atom. The molecule has 1 fully saturated rings. The van der Waals surface area contributed by atoms with Crippen molar-refractivity contribution in [2.24, 2.45) is 0 Å². The van der Waals surface area contributed by atoms with Crippen LogP contribution in [0.25, 0.3) is 0 Å². The van der Waals surface area contributed by atoms with Crippen molar-refractivity contribution in [3.05, 3.63) is 12.7 Å². The zero-order chi connectivity index (χ0) is 7.23. The average molecular weight is 140 g/mol. The molecule has 0 aromatic rings. The van der Waals surface area contributed by atoms with Crippen LogP contribution < -0.4 is 5.32 Å². The van der Waals surface area contributed by atoms with Crippen LogP contribution in [0.1, 0.15) is 19.3 Å². The summed E-state index contributed by atoms with van der Waals surface area (Å²) in [5.74, 6) is 0. The zero-order valence-electron chi connectivity index (χ0n) is 6.25. The fourth-order valence-corrected chi connectivity index (χ4v) is 1.07. The highest BCUT2D eigenvalue weighted by molar-refractivity contribution is 4.68. The smallest absolute Gasteiger partial charge is 0.123 e. The molecule has 1 heterocycles. The van der Waals surface area contributed by atoms with Gasteiger partial charge in [0.05, 0.1) is 6.61 Å². The van der Waals surface area contributed by atoms with Gasteiger partial charge < -0.3 is 4.74 Å². The summed E-state index contributed by atoms with van der Waals surface area (Å²) in [4.78, 5) is 0. The molecular weight excluding hydrogens is 126 g/mol. The largest absolute Gasteiger partial charge is 0.358 e. The van der Waals surface area contributed by atoms with Crippen molar-refractivity contribution in [1.82, 2.24) is 5.32 Å². The van der Waals surface area contributed by atoms with E-state index in [1.807, 2.05) is 0 Å². The normalized spacial score (nSPS) is 26.2. The highest BCUT2D eigenvalue weighted by atomic mass is 16.5. The second kappa shape index (κ2) is 4.47. The Morgan fingerprint density at radius 3 is 3.10 bits per heavy atom. The summed E-state index contributed by atoms with van der Waals surface area (Å²) in [6.07, 6.45) is 5.50. The van der Waals surface area contributed by atoms with Crippen LogP contribution in [0.5, 0.6) is 0 Å². The van der Waals surface area contributed by atoms with Crippen LogP contribution in [0, 0.1) is 0 Å². The predicted molar refractivity (Wildman–Crippen MR) is 40.8 cm³/mol.